The fourth-order valence-electron chi connectivity index (χ4n) is 4.16. The molecule has 0 saturated carbocycles. The lowest BCUT2D eigenvalue weighted by atomic mass is 9.94. The van der Waals surface area contributed by atoms with Crippen molar-refractivity contribution in [3.63, 3.8) is 0 Å². The number of halogens is 4. The Labute approximate surface area is 209 Å². The average Bonchev–Trinajstić information content (AvgIpc) is 2.91. The van der Waals surface area contributed by atoms with Crippen LogP contribution in [0.1, 0.15) is 24.8 Å². The first-order chi connectivity index (χ1) is 17.4. The predicted octanol–water partition coefficient (Wildman–Crippen LogP) is 6.43. The quantitative estimate of drug-likeness (QED) is 0.155. The third-order valence-electron chi connectivity index (χ3n) is 6.18. The largest absolute Gasteiger partial charge is 0.490 e. The van der Waals surface area contributed by atoms with Gasteiger partial charge in [-0.2, -0.15) is 4.39 Å². The molecule has 1 aliphatic rings. The van der Waals surface area contributed by atoms with Crippen LogP contribution in [0, 0.1) is 23.3 Å². The molecule has 1 heterocycles. The fourth-order valence-corrected chi connectivity index (χ4v) is 4.16. The number of allylic oxidation sites excluding steroid dienone is 1. The molecule has 36 heavy (non-hydrogen) atoms. The molecule has 0 amide bonds. The Hall–Kier alpha value is -3.10. The van der Waals surface area contributed by atoms with Crippen LogP contribution in [0.3, 0.4) is 0 Å². The molecule has 8 heteroatoms. The van der Waals surface area contributed by atoms with Gasteiger partial charge in [0.05, 0.1) is 19.8 Å². The molecular formula is C28H27BF4O3. The van der Waals surface area contributed by atoms with Crippen molar-refractivity contribution >= 4 is 7.85 Å². The van der Waals surface area contributed by atoms with Gasteiger partial charge in [-0.05, 0) is 48.5 Å². The topological polar surface area (TPSA) is 27.7 Å². The summed E-state index contributed by atoms with van der Waals surface area (Å²) in [6, 6.07) is 12.0. The first-order valence-electron chi connectivity index (χ1n) is 12.0. The Morgan fingerprint density at radius 1 is 0.833 bits per heavy atom. The normalized spacial score (nSPS) is 18.0. The third-order valence-corrected chi connectivity index (χ3v) is 6.18. The Morgan fingerprint density at radius 2 is 1.42 bits per heavy atom. The number of ether oxygens (including phenoxy) is 3. The monoisotopic (exact) mass is 498 g/mol. The highest BCUT2D eigenvalue weighted by atomic mass is 19.2. The summed E-state index contributed by atoms with van der Waals surface area (Å²) in [7, 11) is 1.92. The zero-order chi connectivity index (χ0) is 25.7. The predicted molar refractivity (Wildman–Crippen MR) is 134 cm³/mol. The van der Waals surface area contributed by atoms with E-state index in [1.807, 2.05) is 26.9 Å². The van der Waals surface area contributed by atoms with Gasteiger partial charge in [-0.15, -0.1) is 0 Å². The Balaban J connectivity index is 1.52. The van der Waals surface area contributed by atoms with E-state index in [0.29, 0.717) is 23.9 Å². The molecule has 0 bridgehead atoms. The summed E-state index contributed by atoms with van der Waals surface area (Å²) >= 11 is 0. The molecule has 0 unspecified atom stereocenters. The number of hydrogen-bond donors (Lipinski definition) is 0. The molecule has 4 rings (SSSR count). The zero-order valence-corrected chi connectivity index (χ0v) is 20.2. The van der Waals surface area contributed by atoms with Gasteiger partial charge in [0.1, 0.15) is 7.85 Å². The second-order valence-electron chi connectivity index (χ2n) is 8.55. The minimum atomic E-state index is -1.07. The van der Waals surface area contributed by atoms with Gasteiger partial charge >= 0.3 is 0 Å². The van der Waals surface area contributed by atoms with Gasteiger partial charge in [0.2, 0.25) is 5.82 Å². The summed E-state index contributed by atoms with van der Waals surface area (Å²) < 4.78 is 75.5. The molecule has 0 aliphatic carbocycles. The van der Waals surface area contributed by atoms with E-state index in [1.165, 1.54) is 24.3 Å². The molecule has 3 aromatic carbocycles. The van der Waals surface area contributed by atoms with Crippen LogP contribution in [0.5, 0.6) is 5.75 Å². The van der Waals surface area contributed by atoms with E-state index in [4.69, 9.17) is 14.2 Å². The van der Waals surface area contributed by atoms with Gasteiger partial charge in [0, 0.05) is 17.0 Å². The lowest BCUT2D eigenvalue weighted by Crippen LogP contribution is -2.31. The second kappa shape index (κ2) is 11.8. The van der Waals surface area contributed by atoms with Crippen LogP contribution in [0.15, 0.2) is 60.7 Å². The van der Waals surface area contributed by atoms with Gasteiger partial charge in [-0.1, -0.05) is 48.6 Å². The van der Waals surface area contributed by atoms with Crippen molar-refractivity contribution < 1.29 is 31.8 Å². The number of rotatable bonds is 8. The fraction of sp³-hybridized carbons (Fsp3) is 0.286. The van der Waals surface area contributed by atoms with Gasteiger partial charge < -0.3 is 14.2 Å². The second-order valence-corrected chi connectivity index (χ2v) is 8.55. The molecule has 0 atom stereocenters. The van der Waals surface area contributed by atoms with E-state index in [2.05, 4.69) is 0 Å². The standard InChI is InChI=1S/C28H27BF4O3/c1-2-3-4-13-34-23-12-11-21(27(32)28(23)33)18-7-5-17(6-8-18)20-9-10-22(26(31)25(20)30)19-15-35-24(14-29)36-16-19/h2-3,5-12,19,24H,4,13-16,29H2,1H3/b3-2-. The average molecular weight is 498 g/mol. The van der Waals surface area contributed by atoms with Gasteiger partial charge in [-0.25, -0.2) is 13.2 Å². The van der Waals surface area contributed by atoms with Gasteiger partial charge in [0.25, 0.3) is 0 Å². The highest BCUT2D eigenvalue weighted by molar-refractivity contribution is 6.08. The Kier molecular flexibility index (Phi) is 8.49. The highest BCUT2D eigenvalue weighted by Gasteiger charge is 2.27. The van der Waals surface area contributed by atoms with Crippen LogP contribution < -0.4 is 4.74 Å². The maximum Gasteiger partial charge on any atom is 0.201 e. The molecule has 0 radical (unpaired) electrons. The first-order valence-corrected chi connectivity index (χ1v) is 12.0. The van der Waals surface area contributed by atoms with Crippen molar-refractivity contribution in [2.24, 2.45) is 0 Å². The maximum atomic E-state index is 15.0. The van der Waals surface area contributed by atoms with Crippen molar-refractivity contribution in [2.75, 3.05) is 19.8 Å². The van der Waals surface area contributed by atoms with E-state index in [-0.39, 0.29) is 48.6 Å². The minimum Gasteiger partial charge on any atom is -0.490 e. The summed E-state index contributed by atoms with van der Waals surface area (Å²) in [6.07, 6.45) is 4.66. The third kappa shape index (κ3) is 5.50. The van der Waals surface area contributed by atoms with Crippen LogP contribution in [-0.4, -0.2) is 34.0 Å². The van der Waals surface area contributed by atoms with Crippen molar-refractivity contribution in [3.8, 4) is 28.0 Å². The first kappa shape index (κ1) is 26.0. The van der Waals surface area contributed by atoms with E-state index >= 15 is 0 Å². The van der Waals surface area contributed by atoms with Crippen LogP contribution >= 0.6 is 0 Å². The van der Waals surface area contributed by atoms with Crippen LogP contribution in [0.4, 0.5) is 17.6 Å². The Bertz CT molecular complexity index is 1220. The molecule has 0 N–H and O–H groups in total. The molecule has 188 valence electrons. The molecule has 1 fully saturated rings. The summed E-state index contributed by atoms with van der Waals surface area (Å²) in [5.74, 6) is -4.58. The molecule has 0 spiro atoms. The van der Waals surface area contributed by atoms with Gasteiger partial charge in [0.15, 0.2) is 29.5 Å². The molecular weight excluding hydrogens is 471 g/mol. The van der Waals surface area contributed by atoms with E-state index in [0.717, 1.165) is 0 Å². The van der Waals surface area contributed by atoms with E-state index in [1.54, 1.807) is 24.3 Å². The summed E-state index contributed by atoms with van der Waals surface area (Å²) in [4.78, 5) is 0. The number of hydrogen-bond acceptors (Lipinski definition) is 3. The lowest BCUT2D eigenvalue weighted by Gasteiger charge is -2.29. The lowest BCUT2D eigenvalue weighted by molar-refractivity contribution is -0.176. The van der Waals surface area contributed by atoms with Crippen molar-refractivity contribution in [3.05, 3.63) is 89.5 Å². The molecule has 0 aromatic heterocycles. The van der Waals surface area contributed by atoms with Crippen molar-refractivity contribution in [1.29, 1.82) is 0 Å². The van der Waals surface area contributed by atoms with E-state index in [9.17, 15) is 17.6 Å². The number of benzene rings is 3. The molecule has 3 nitrogen and oxygen atoms in total. The Morgan fingerprint density at radius 3 is 2.00 bits per heavy atom. The summed E-state index contributed by atoms with van der Waals surface area (Å²) in [6.45, 7) is 2.61. The van der Waals surface area contributed by atoms with E-state index < -0.39 is 29.2 Å². The van der Waals surface area contributed by atoms with Crippen LogP contribution in [0.25, 0.3) is 22.3 Å². The zero-order valence-electron chi connectivity index (χ0n) is 20.2. The maximum absolute atomic E-state index is 15.0. The molecule has 3 aromatic rings. The SMILES string of the molecule is BCC1OCC(c2ccc(-c3ccc(-c4ccc(OCC/C=C\C)c(F)c4F)cc3)c(F)c2F)CO1. The van der Waals surface area contributed by atoms with Crippen LogP contribution in [-0.2, 0) is 9.47 Å². The summed E-state index contributed by atoms with van der Waals surface area (Å²) in [5, 5.41) is 0. The van der Waals surface area contributed by atoms with Gasteiger partial charge in [-0.3, -0.25) is 0 Å². The highest BCUT2D eigenvalue weighted by Crippen LogP contribution is 2.34. The van der Waals surface area contributed by atoms with Crippen LogP contribution in [0.2, 0.25) is 6.32 Å². The molecule has 1 aliphatic heterocycles. The smallest absolute Gasteiger partial charge is 0.201 e. The summed E-state index contributed by atoms with van der Waals surface area (Å²) in [5.41, 5.74) is 1.13. The minimum absolute atomic E-state index is 0.0459. The van der Waals surface area contributed by atoms with Crippen molar-refractivity contribution in [2.45, 2.75) is 31.9 Å². The molecule has 1 saturated heterocycles. The van der Waals surface area contributed by atoms with Crippen molar-refractivity contribution in [1.82, 2.24) is 0 Å².